The third-order valence-corrected chi connectivity index (χ3v) is 3.50. The van der Waals surface area contributed by atoms with Crippen molar-refractivity contribution in [3.8, 4) is 0 Å². The van der Waals surface area contributed by atoms with Crippen LogP contribution in [-0.2, 0) is 4.79 Å². The van der Waals surface area contributed by atoms with Crippen LogP contribution in [0.25, 0.3) is 0 Å². The summed E-state index contributed by atoms with van der Waals surface area (Å²) in [4.78, 5) is 12.1. The van der Waals surface area contributed by atoms with E-state index < -0.39 is 6.04 Å². The average molecular weight is 230 g/mol. The molecule has 0 aromatic rings. The molecule has 0 aromatic carbocycles. The van der Waals surface area contributed by atoms with Crippen molar-refractivity contribution in [3.63, 3.8) is 0 Å². The minimum Gasteiger partial charge on any atom is -0.394 e. The molecule has 1 aliphatic heterocycles. The van der Waals surface area contributed by atoms with Crippen LogP contribution in [0.15, 0.2) is 0 Å². The first-order valence-electron chi connectivity index (χ1n) is 5.92. The largest absolute Gasteiger partial charge is 0.394 e. The molecule has 1 saturated heterocycles. The van der Waals surface area contributed by atoms with Gasteiger partial charge in [0.05, 0.1) is 24.7 Å². The van der Waals surface area contributed by atoms with E-state index in [4.69, 9.17) is 10.2 Å². The van der Waals surface area contributed by atoms with Crippen LogP contribution in [0.2, 0.25) is 0 Å². The van der Waals surface area contributed by atoms with E-state index in [9.17, 15) is 4.79 Å². The van der Waals surface area contributed by atoms with Crippen molar-refractivity contribution >= 4 is 5.91 Å². The van der Waals surface area contributed by atoms with Gasteiger partial charge in [0, 0.05) is 0 Å². The molecule has 0 unspecified atom stereocenters. The molecule has 0 aromatic heterocycles. The Kier molecular flexibility index (Phi) is 5.18. The number of hydrogen-bond acceptors (Lipinski definition) is 4. The van der Waals surface area contributed by atoms with Crippen LogP contribution in [0.4, 0.5) is 0 Å². The summed E-state index contributed by atoms with van der Waals surface area (Å²) < 4.78 is 0. The molecule has 0 spiro atoms. The smallest absolute Gasteiger partial charge is 0.226 e. The normalized spacial score (nSPS) is 19.8. The Bertz CT molecular complexity index is 223. The second-order valence-electron chi connectivity index (χ2n) is 4.42. The van der Waals surface area contributed by atoms with Gasteiger partial charge in [-0.25, -0.2) is 0 Å². The summed E-state index contributed by atoms with van der Waals surface area (Å²) in [6.07, 6.45) is 2.43. The highest BCUT2D eigenvalue weighted by Crippen LogP contribution is 2.32. The molecular formula is C11H22N2O3. The molecule has 0 atom stereocenters. The second-order valence-corrected chi connectivity index (χ2v) is 4.42. The summed E-state index contributed by atoms with van der Waals surface area (Å²) in [5.41, 5.74) is -0.326. The highest BCUT2D eigenvalue weighted by Gasteiger charge is 2.38. The summed E-state index contributed by atoms with van der Waals surface area (Å²) in [7, 11) is 0. The molecule has 0 bridgehead atoms. The van der Waals surface area contributed by atoms with Gasteiger partial charge in [0.15, 0.2) is 0 Å². The topological polar surface area (TPSA) is 81.6 Å². The van der Waals surface area contributed by atoms with E-state index in [0.29, 0.717) is 0 Å². The van der Waals surface area contributed by atoms with Gasteiger partial charge in [-0.05, 0) is 32.4 Å². The van der Waals surface area contributed by atoms with Gasteiger partial charge in [0.1, 0.15) is 0 Å². The van der Waals surface area contributed by atoms with Crippen LogP contribution >= 0.6 is 0 Å². The molecule has 5 heteroatoms. The average Bonchev–Trinajstić information content (AvgIpc) is 2.36. The van der Waals surface area contributed by atoms with Gasteiger partial charge in [0.2, 0.25) is 5.91 Å². The van der Waals surface area contributed by atoms with Crippen LogP contribution < -0.4 is 10.6 Å². The van der Waals surface area contributed by atoms with Crippen LogP contribution in [0.1, 0.15) is 26.2 Å². The van der Waals surface area contributed by atoms with E-state index in [-0.39, 0.29) is 24.5 Å². The fourth-order valence-electron chi connectivity index (χ4n) is 2.13. The zero-order valence-electron chi connectivity index (χ0n) is 9.83. The van der Waals surface area contributed by atoms with Gasteiger partial charge in [0.25, 0.3) is 0 Å². The third kappa shape index (κ3) is 2.93. The molecular weight excluding hydrogens is 208 g/mol. The Morgan fingerprint density at radius 1 is 1.38 bits per heavy atom. The van der Waals surface area contributed by atoms with E-state index in [1.54, 1.807) is 0 Å². The van der Waals surface area contributed by atoms with Gasteiger partial charge < -0.3 is 20.8 Å². The fraction of sp³-hybridized carbons (Fsp3) is 0.909. The monoisotopic (exact) mass is 230 g/mol. The summed E-state index contributed by atoms with van der Waals surface area (Å²) in [6, 6.07) is -0.536. The highest BCUT2D eigenvalue weighted by atomic mass is 16.3. The first-order chi connectivity index (χ1) is 7.68. The van der Waals surface area contributed by atoms with E-state index >= 15 is 0 Å². The first kappa shape index (κ1) is 13.4. The molecule has 0 saturated carbocycles. The number of rotatable bonds is 5. The van der Waals surface area contributed by atoms with E-state index in [2.05, 4.69) is 10.6 Å². The van der Waals surface area contributed by atoms with E-state index in [1.165, 1.54) is 0 Å². The number of carbonyl (C=O) groups is 1. The Morgan fingerprint density at radius 2 is 1.94 bits per heavy atom. The molecule has 1 aliphatic rings. The van der Waals surface area contributed by atoms with Crippen molar-refractivity contribution in [1.29, 1.82) is 0 Å². The Labute approximate surface area is 96.2 Å². The molecule has 94 valence electrons. The summed E-state index contributed by atoms with van der Waals surface area (Å²) in [5, 5.41) is 23.8. The zero-order chi connectivity index (χ0) is 12.0. The maximum absolute atomic E-state index is 12.1. The Morgan fingerprint density at radius 3 is 2.38 bits per heavy atom. The van der Waals surface area contributed by atoms with Crippen molar-refractivity contribution in [3.05, 3.63) is 0 Å². The molecule has 1 heterocycles. The van der Waals surface area contributed by atoms with E-state index in [1.807, 2.05) is 6.92 Å². The minimum atomic E-state index is -0.536. The maximum Gasteiger partial charge on any atom is 0.226 e. The quantitative estimate of drug-likeness (QED) is 0.500. The lowest BCUT2D eigenvalue weighted by Crippen LogP contribution is -2.51. The van der Waals surface area contributed by atoms with Crippen molar-refractivity contribution in [2.24, 2.45) is 5.41 Å². The lowest BCUT2D eigenvalue weighted by molar-refractivity contribution is -0.134. The summed E-state index contributed by atoms with van der Waals surface area (Å²) in [5.74, 6) is -0.0374. The summed E-state index contributed by atoms with van der Waals surface area (Å²) in [6.45, 7) is 3.27. The minimum absolute atomic E-state index is 0.0374. The molecule has 16 heavy (non-hydrogen) atoms. The first-order valence-corrected chi connectivity index (χ1v) is 5.92. The van der Waals surface area contributed by atoms with Crippen molar-refractivity contribution in [2.45, 2.75) is 32.2 Å². The molecule has 1 amide bonds. The van der Waals surface area contributed by atoms with Crippen molar-refractivity contribution < 1.29 is 15.0 Å². The van der Waals surface area contributed by atoms with Crippen molar-refractivity contribution in [2.75, 3.05) is 26.3 Å². The lowest BCUT2D eigenvalue weighted by Gasteiger charge is -2.36. The van der Waals surface area contributed by atoms with Crippen LogP contribution in [0.5, 0.6) is 0 Å². The van der Waals surface area contributed by atoms with Gasteiger partial charge in [-0.2, -0.15) is 0 Å². The zero-order valence-corrected chi connectivity index (χ0v) is 9.83. The van der Waals surface area contributed by atoms with Crippen LogP contribution in [0, 0.1) is 5.41 Å². The maximum atomic E-state index is 12.1. The Balaban J connectivity index is 2.61. The number of hydrogen-bond donors (Lipinski definition) is 4. The number of aliphatic hydroxyl groups is 2. The number of piperidine rings is 1. The number of nitrogens with one attached hydrogen (secondary N) is 2. The number of amides is 1. The summed E-state index contributed by atoms with van der Waals surface area (Å²) >= 11 is 0. The third-order valence-electron chi connectivity index (χ3n) is 3.50. The number of aliphatic hydroxyl groups excluding tert-OH is 2. The predicted octanol–water partition coefficient (Wildman–Crippen LogP) is -0.764. The SMILES string of the molecule is CCC1(C(=O)NC(CO)CO)CCNCC1. The van der Waals surface area contributed by atoms with Gasteiger partial charge >= 0.3 is 0 Å². The molecule has 1 rings (SSSR count). The van der Waals surface area contributed by atoms with E-state index in [0.717, 1.165) is 32.4 Å². The van der Waals surface area contributed by atoms with Crippen LogP contribution in [-0.4, -0.2) is 48.5 Å². The van der Waals surface area contributed by atoms with Gasteiger partial charge in [-0.1, -0.05) is 6.92 Å². The molecule has 0 radical (unpaired) electrons. The Hall–Kier alpha value is -0.650. The predicted molar refractivity (Wildman–Crippen MR) is 60.9 cm³/mol. The highest BCUT2D eigenvalue weighted by molar-refractivity contribution is 5.83. The second kappa shape index (κ2) is 6.18. The van der Waals surface area contributed by atoms with Gasteiger partial charge in [-0.15, -0.1) is 0 Å². The molecule has 0 aliphatic carbocycles. The van der Waals surface area contributed by atoms with Crippen LogP contribution in [0.3, 0.4) is 0 Å². The molecule has 5 nitrogen and oxygen atoms in total. The molecule has 1 fully saturated rings. The van der Waals surface area contributed by atoms with Crippen molar-refractivity contribution in [1.82, 2.24) is 10.6 Å². The standard InChI is InChI=1S/C11H22N2O3/c1-2-11(3-5-12-6-4-11)10(16)13-9(7-14)8-15/h9,12,14-15H,2-8H2,1H3,(H,13,16). The number of carbonyl (C=O) groups excluding carboxylic acids is 1. The molecule has 4 N–H and O–H groups in total. The fourth-order valence-corrected chi connectivity index (χ4v) is 2.13. The van der Waals surface area contributed by atoms with Gasteiger partial charge in [-0.3, -0.25) is 4.79 Å². The lowest BCUT2D eigenvalue weighted by atomic mass is 9.75.